The molecule has 0 saturated heterocycles. The highest BCUT2D eigenvalue weighted by molar-refractivity contribution is 5.71. The molecule has 1 unspecified atom stereocenters. The fraction of sp³-hybridized carbons (Fsp3) is 0.757. The Morgan fingerprint density at radius 2 is 0.513 bits per heavy atom. The van der Waals surface area contributed by atoms with Gasteiger partial charge in [0.1, 0.15) is 13.2 Å². The van der Waals surface area contributed by atoms with Crippen molar-refractivity contribution in [1.82, 2.24) is 0 Å². The summed E-state index contributed by atoms with van der Waals surface area (Å²) < 4.78 is 16.9. The van der Waals surface area contributed by atoms with Crippen LogP contribution in [0.5, 0.6) is 0 Å². The van der Waals surface area contributed by atoms with E-state index in [9.17, 15) is 14.4 Å². The Morgan fingerprint density at radius 3 is 0.803 bits per heavy atom. The fourth-order valence-corrected chi connectivity index (χ4v) is 9.27. The summed E-state index contributed by atoms with van der Waals surface area (Å²) >= 11 is 0. The van der Waals surface area contributed by atoms with Crippen LogP contribution in [0.1, 0.15) is 323 Å². The monoisotopic (exact) mass is 1060 g/mol. The van der Waals surface area contributed by atoms with Crippen molar-refractivity contribution in [2.45, 2.75) is 329 Å². The molecule has 0 fully saturated rings. The van der Waals surface area contributed by atoms with Gasteiger partial charge in [-0.2, -0.15) is 0 Å². The summed E-state index contributed by atoms with van der Waals surface area (Å²) in [5.74, 6) is -0.872. The van der Waals surface area contributed by atoms with Crippen LogP contribution >= 0.6 is 0 Å². The average molecular weight is 1060 g/mol. The first-order valence-electron chi connectivity index (χ1n) is 32.6. The van der Waals surface area contributed by atoms with Crippen molar-refractivity contribution in [3.05, 3.63) is 85.1 Å². The number of hydrogen-bond donors (Lipinski definition) is 0. The molecule has 6 nitrogen and oxygen atoms in total. The first-order valence-corrected chi connectivity index (χ1v) is 32.6. The molecule has 76 heavy (non-hydrogen) atoms. The Labute approximate surface area is 471 Å². The van der Waals surface area contributed by atoms with Crippen molar-refractivity contribution in [3.63, 3.8) is 0 Å². The van der Waals surface area contributed by atoms with E-state index in [2.05, 4.69) is 106 Å². The highest BCUT2D eigenvalue weighted by atomic mass is 16.6. The average Bonchev–Trinajstić information content (AvgIpc) is 3.42. The molecule has 6 heteroatoms. The van der Waals surface area contributed by atoms with E-state index in [0.717, 1.165) is 96.3 Å². The van der Waals surface area contributed by atoms with Gasteiger partial charge in [-0.15, -0.1) is 0 Å². The van der Waals surface area contributed by atoms with Crippen LogP contribution < -0.4 is 0 Å². The molecule has 0 spiro atoms. The third kappa shape index (κ3) is 61.4. The normalized spacial score (nSPS) is 12.6. The van der Waals surface area contributed by atoms with E-state index < -0.39 is 6.10 Å². The van der Waals surface area contributed by atoms with Gasteiger partial charge in [-0.05, 0) is 96.3 Å². The van der Waals surface area contributed by atoms with Crippen LogP contribution in [0.3, 0.4) is 0 Å². The third-order valence-electron chi connectivity index (χ3n) is 14.1. The second-order valence-corrected chi connectivity index (χ2v) is 21.6. The molecule has 0 N–H and O–H groups in total. The molecule has 0 aromatic carbocycles. The lowest BCUT2D eigenvalue weighted by molar-refractivity contribution is -0.167. The lowest BCUT2D eigenvalue weighted by Gasteiger charge is -2.18. The van der Waals surface area contributed by atoms with Crippen molar-refractivity contribution in [3.8, 4) is 0 Å². The maximum Gasteiger partial charge on any atom is 0.306 e. The van der Waals surface area contributed by atoms with Crippen molar-refractivity contribution >= 4 is 17.9 Å². The van der Waals surface area contributed by atoms with Gasteiger partial charge >= 0.3 is 17.9 Å². The molecule has 0 heterocycles. The van der Waals surface area contributed by atoms with E-state index in [1.165, 1.54) is 186 Å². The molecule has 0 aromatic heterocycles. The van der Waals surface area contributed by atoms with Gasteiger partial charge in [-0.25, -0.2) is 0 Å². The molecule has 1 atom stereocenters. The summed E-state index contributed by atoms with van der Waals surface area (Å²) in [6.07, 6.45) is 84.7. The Morgan fingerprint density at radius 1 is 0.276 bits per heavy atom. The second-order valence-electron chi connectivity index (χ2n) is 21.6. The van der Waals surface area contributed by atoms with Gasteiger partial charge in [0.2, 0.25) is 0 Å². The van der Waals surface area contributed by atoms with Crippen LogP contribution in [-0.4, -0.2) is 37.2 Å². The molecule has 0 aliphatic heterocycles. The van der Waals surface area contributed by atoms with Crippen LogP contribution in [0.2, 0.25) is 0 Å². The van der Waals surface area contributed by atoms with Crippen LogP contribution in [0.4, 0.5) is 0 Å². The van der Waals surface area contributed by atoms with Gasteiger partial charge in [0.15, 0.2) is 6.10 Å². The number of unbranched alkanes of at least 4 members (excludes halogenated alkanes) is 34. The SMILES string of the molecule is CC/C=C\C/C=C\C/C=C\C/C=C\C/C=C\CCCCCCCCCCCCCCCC(=O)OCC(COC(=O)CCCCCCCCCC)OC(=O)CCCCCCCCCCC/C=C\C/C=C\CCCCCCC. The van der Waals surface area contributed by atoms with Crippen molar-refractivity contribution in [2.24, 2.45) is 0 Å². The Kier molecular flexibility index (Phi) is 61.2. The lowest BCUT2D eigenvalue weighted by Crippen LogP contribution is -2.30. The minimum atomic E-state index is -0.776. The zero-order chi connectivity index (χ0) is 55.0. The quantitative estimate of drug-likeness (QED) is 0.0261. The first kappa shape index (κ1) is 72.6. The Bertz CT molecular complexity index is 1450. The molecule has 0 aliphatic carbocycles. The van der Waals surface area contributed by atoms with E-state index in [-0.39, 0.29) is 31.1 Å². The summed E-state index contributed by atoms with van der Waals surface area (Å²) in [6.45, 7) is 6.51. The van der Waals surface area contributed by atoms with E-state index in [1.807, 2.05) is 0 Å². The zero-order valence-electron chi connectivity index (χ0n) is 50.3. The van der Waals surface area contributed by atoms with Gasteiger partial charge in [-0.1, -0.05) is 292 Å². The summed E-state index contributed by atoms with van der Waals surface area (Å²) in [7, 11) is 0. The standard InChI is InChI=1S/C70H122O6/c1-4-7-10-13-16-19-21-23-25-27-29-31-32-33-34-35-36-37-38-40-41-43-45-47-49-51-54-57-60-63-69(72)75-66-67(65-74-68(71)62-59-56-53-18-15-12-9-6-3)76-70(73)64-61-58-55-52-50-48-46-44-42-39-30-28-26-24-22-20-17-14-11-8-5-2/h7,10,16,19,22-25,28-31,33-34,67H,4-6,8-9,11-15,17-18,20-21,26-27,32,35-66H2,1-3H3/b10-7-,19-16-,24-22-,25-23-,30-28-,31-29-,34-33-. The van der Waals surface area contributed by atoms with Crippen molar-refractivity contribution < 1.29 is 28.6 Å². The van der Waals surface area contributed by atoms with E-state index in [4.69, 9.17) is 14.2 Å². The van der Waals surface area contributed by atoms with E-state index >= 15 is 0 Å². The molecule has 0 aliphatic rings. The summed E-state index contributed by atoms with van der Waals surface area (Å²) in [4.78, 5) is 38.2. The molecule has 0 bridgehead atoms. The smallest absolute Gasteiger partial charge is 0.306 e. The molecule has 0 radical (unpaired) electrons. The van der Waals surface area contributed by atoms with Crippen LogP contribution in [0.15, 0.2) is 85.1 Å². The number of ether oxygens (including phenoxy) is 3. The van der Waals surface area contributed by atoms with Gasteiger partial charge < -0.3 is 14.2 Å². The summed E-state index contributed by atoms with van der Waals surface area (Å²) in [6, 6.07) is 0. The molecule has 0 rings (SSSR count). The zero-order valence-corrected chi connectivity index (χ0v) is 50.3. The highest BCUT2D eigenvalue weighted by Gasteiger charge is 2.19. The predicted octanol–water partition coefficient (Wildman–Crippen LogP) is 22.3. The number of hydrogen-bond acceptors (Lipinski definition) is 6. The number of allylic oxidation sites excluding steroid dienone is 14. The van der Waals surface area contributed by atoms with Crippen LogP contribution in [0, 0.1) is 0 Å². The topological polar surface area (TPSA) is 78.9 Å². The van der Waals surface area contributed by atoms with Crippen molar-refractivity contribution in [1.29, 1.82) is 0 Å². The maximum absolute atomic E-state index is 12.9. The van der Waals surface area contributed by atoms with E-state index in [1.54, 1.807) is 0 Å². The van der Waals surface area contributed by atoms with Gasteiger partial charge in [0, 0.05) is 19.3 Å². The largest absolute Gasteiger partial charge is 0.462 e. The summed E-state index contributed by atoms with van der Waals surface area (Å²) in [5, 5.41) is 0. The first-order chi connectivity index (χ1) is 37.5. The molecular weight excluding hydrogens is 937 g/mol. The predicted molar refractivity (Wildman–Crippen MR) is 330 cm³/mol. The number of carbonyl (C=O) groups is 3. The number of rotatable bonds is 59. The second kappa shape index (κ2) is 64.1. The lowest BCUT2D eigenvalue weighted by atomic mass is 10.0. The minimum Gasteiger partial charge on any atom is -0.462 e. The van der Waals surface area contributed by atoms with Gasteiger partial charge in [0.25, 0.3) is 0 Å². The van der Waals surface area contributed by atoms with Gasteiger partial charge in [0.05, 0.1) is 0 Å². The molecule has 0 saturated carbocycles. The summed E-state index contributed by atoms with van der Waals surface area (Å²) in [5.41, 5.74) is 0. The fourth-order valence-electron chi connectivity index (χ4n) is 9.27. The molecular formula is C70H122O6. The molecule has 0 amide bonds. The molecule has 438 valence electrons. The van der Waals surface area contributed by atoms with Crippen molar-refractivity contribution in [2.75, 3.05) is 13.2 Å². The van der Waals surface area contributed by atoms with Crippen LogP contribution in [0.25, 0.3) is 0 Å². The van der Waals surface area contributed by atoms with Crippen LogP contribution in [-0.2, 0) is 28.6 Å². The molecule has 0 aromatic rings. The van der Waals surface area contributed by atoms with E-state index in [0.29, 0.717) is 19.3 Å². The highest BCUT2D eigenvalue weighted by Crippen LogP contribution is 2.17. The Hall–Kier alpha value is -3.41. The minimum absolute atomic E-state index is 0.0752. The maximum atomic E-state index is 12.9. The number of carbonyl (C=O) groups excluding carboxylic acids is 3. The Balaban J connectivity index is 4.14. The van der Waals surface area contributed by atoms with Gasteiger partial charge in [-0.3, -0.25) is 14.4 Å². The third-order valence-corrected chi connectivity index (χ3v) is 14.1. The number of esters is 3.